The minimum Gasteiger partial charge on any atom is -0.301 e. The fourth-order valence-corrected chi connectivity index (χ4v) is 2.44. The molecular weight excluding hydrogens is 198 g/mol. The second-order valence-electron chi connectivity index (χ2n) is 4.82. The minimum atomic E-state index is -0.0174. The summed E-state index contributed by atoms with van der Waals surface area (Å²) in [4.78, 5) is 5.47. The lowest BCUT2D eigenvalue weighted by Gasteiger charge is -2.30. The van der Waals surface area contributed by atoms with E-state index in [1.807, 2.05) is 0 Å². The van der Waals surface area contributed by atoms with Gasteiger partial charge in [0.05, 0.1) is 12.1 Å². The largest absolute Gasteiger partial charge is 0.301 e. The van der Waals surface area contributed by atoms with E-state index in [1.54, 1.807) is 0 Å². The molecule has 1 aromatic carbocycles. The maximum atomic E-state index is 5.47. The van der Waals surface area contributed by atoms with Crippen LogP contribution in [0.25, 0.3) is 0 Å². The van der Waals surface area contributed by atoms with E-state index < -0.39 is 0 Å². The first-order valence-corrected chi connectivity index (χ1v) is 6.22. The van der Waals surface area contributed by atoms with Crippen LogP contribution in [0, 0.1) is 5.92 Å². The molecule has 0 spiro atoms. The molecule has 1 fully saturated rings. The van der Waals surface area contributed by atoms with Gasteiger partial charge in [-0.1, -0.05) is 50.1 Å². The first-order chi connectivity index (χ1) is 7.77. The fraction of sp³-hybridized carbons (Fsp3) is 0.571. The SMILES string of the molecule is CCCC[C@H]1CON[C@@]1(C)c1ccccc1. The topological polar surface area (TPSA) is 21.3 Å². The van der Waals surface area contributed by atoms with Gasteiger partial charge in [0.25, 0.3) is 0 Å². The van der Waals surface area contributed by atoms with Gasteiger partial charge in [-0.05, 0) is 18.9 Å². The van der Waals surface area contributed by atoms with E-state index in [4.69, 9.17) is 4.84 Å². The van der Waals surface area contributed by atoms with Crippen molar-refractivity contribution in [3.63, 3.8) is 0 Å². The molecule has 1 aliphatic rings. The normalized spacial score (nSPS) is 29.5. The molecular formula is C14H21NO. The number of benzene rings is 1. The molecule has 0 saturated carbocycles. The third-order valence-corrected chi connectivity index (χ3v) is 3.66. The molecule has 1 heterocycles. The molecule has 2 nitrogen and oxygen atoms in total. The Hall–Kier alpha value is -0.860. The molecule has 1 aromatic rings. The van der Waals surface area contributed by atoms with E-state index in [2.05, 4.69) is 49.7 Å². The first-order valence-electron chi connectivity index (χ1n) is 6.22. The summed E-state index contributed by atoms with van der Waals surface area (Å²) in [5.74, 6) is 0.579. The quantitative estimate of drug-likeness (QED) is 0.839. The van der Waals surface area contributed by atoms with Gasteiger partial charge in [0.15, 0.2) is 0 Å². The summed E-state index contributed by atoms with van der Waals surface area (Å²) in [6, 6.07) is 10.6. The molecule has 0 amide bonds. The molecule has 1 saturated heterocycles. The molecule has 1 aliphatic heterocycles. The van der Waals surface area contributed by atoms with E-state index in [0.29, 0.717) is 5.92 Å². The third-order valence-electron chi connectivity index (χ3n) is 3.66. The van der Waals surface area contributed by atoms with E-state index in [9.17, 15) is 0 Å². The lowest BCUT2D eigenvalue weighted by atomic mass is 9.79. The van der Waals surface area contributed by atoms with Crippen LogP contribution >= 0.6 is 0 Å². The third kappa shape index (κ3) is 2.13. The highest BCUT2D eigenvalue weighted by atomic mass is 16.7. The van der Waals surface area contributed by atoms with Crippen LogP contribution in [0.3, 0.4) is 0 Å². The van der Waals surface area contributed by atoms with Crippen LogP contribution in [-0.4, -0.2) is 6.61 Å². The van der Waals surface area contributed by atoms with Crippen molar-refractivity contribution in [3.05, 3.63) is 35.9 Å². The van der Waals surface area contributed by atoms with Crippen molar-refractivity contribution in [2.45, 2.75) is 38.6 Å². The summed E-state index contributed by atoms with van der Waals surface area (Å²) >= 11 is 0. The average Bonchev–Trinajstić information content (AvgIpc) is 2.71. The van der Waals surface area contributed by atoms with Crippen LogP contribution < -0.4 is 5.48 Å². The van der Waals surface area contributed by atoms with Gasteiger partial charge in [0.2, 0.25) is 0 Å². The van der Waals surface area contributed by atoms with E-state index >= 15 is 0 Å². The molecule has 2 heteroatoms. The Morgan fingerprint density at radius 2 is 2.12 bits per heavy atom. The van der Waals surface area contributed by atoms with Gasteiger partial charge in [-0.3, -0.25) is 0 Å². The number of hydrogen-bond donors (Lipinski definition) is 1. The van der Waals surface area contributed by atoms with Crippen molar-refractivity contribution >= 4 is 0 Å². The Kier molecular flexibility index (Phi) is 3.62. The van der Waals surface area contributed by atoms with Gasteiger partial charge in [-0.2, -0.15) is 5.48 Å². The summed E-state index contributed by atoms with van der Waals surface area (Å²) in [5, 5.41) is 0. The van der Waals surface area contributed by atoms with Gasteiger partial charge < -0.3 is 4.84 Å². The Morgan fingerprint density at radius 1 is 1.38 bits per heavy atom. The Bertz CT molecular complexity index is 325. The van der Waals surface area contributed by atoms with Gasteiger partial charge in [-0.25, -0.2) is 0 Å². The maximum absolute atomic E-state index is 5.47. The molecule has 0 unspecified atom stereocenters. The minimum absolute atomic E-state index is 0.0174. The van der Waals surface area contributed by atoms with Crippen molar-refractivity contribution in [1.82, 2.24) is 5.48 Å². The smallest absolute Gasteiger partial charge is 0.0732 e. The van der Waals surface area contributed by atoms with Crippen molar-refractivity contribution in [2.24, 2.45) is 5.92 Å². The Balaban J connectivity index is 2.16. The van der Waals surface area contributed by atoms with Gasteiger partial charge >= 0.3 is 0 Å². The Labute approximate surface area is 98.0 Å². The Morgan fingerprint density at radius 3 is 2.81 bits per heavy atom. The fourth-order valence-electron chi connectivity index (χ4n) is 2.44. The van der Waals surface area contributed by atoms with Gasteiger partial charge in [0.1, 0.15) is 0 Å². The van der Waals surface area contributed by atoms with Crippen LogP contribution in [0.2, 0.25) is 0 Å². The summed E-state index contributed by atoms with van der Waals surface area (Å²) in [6.07, 6.45) is 3.76. The molecule has 0 bridgehead atoms. The van der Waals surface area contributed by atoms with Crippen molar-refractivity contribution in [1.29, 1.82) is 0 Å². The van der Waals surface area contributed by atoms with E-state index in [0.717, 1.165) is 6.61 Å². The monoisotopic (exact) mass is 219 g/mol. The molecule has 2 rings (SSSR count). The predicted molar refractivity (Wildman–Crippen MR) is 65.9 cm³/mol. The van der Waals surface area contributed by atoms with Crippen LogP contribution in [0.1, 0.15) is 38.7 Å². The number of unbranched alkanes of at least 4 members (excludes halogenated alkanes) is 1. The van der Waals surface area contributed by atoms with Crippen LogP contribution in [0.4, 0.5) is 0 Å². The molecule has 0 aromatic heterocycles. The molecule has 2 atom stereocenters. The number of rotatable bonds is 4. The van der Waals surface area contributed by atoms with Crippen LogP contribution in [-0.2, 0) is 10.4 Å². The highest BCUT2D eigenvalue weighted by Crippen LogP contribution is 2.36. The molecule has 16 heavy (non-hydrogen) atoms. The summed E-state index contributed by atoms with van der Waals surface area (Å²) in [6.45, 7) is 5.31. The van der Waals surface area contributed by atoms with Crippen molar-refractivity contribution in [2.75, 3.05) is 6.61 Å². The lowest BCUT2D eigenvalue weighted by Crippen LogP contribution is -2.38. The number of hydroxylamine groups is 1. The van der Waals surface area contributed by atoms with Crippen LogP contribution in [0.15, 0.2) is 30.3 Å². The highest BCUT2D eigenvalue weighted by Gasteiger charge is 2.40. The highest BCUT2D eigenvalue weighted by molar-refractivity contribution is 5.25. The number of hydrogen-bond acceptors (Lipinski definition) is 2. The van der Waals surface area contributed by atoms with E-state index in [-0.39, 0.29) is 5.54 Å². The average molecular weight is 219 g/mol. The predicted octanol–water partition coefficient (Wildman–Crippen LogP) is 3.24. The van der Waals surface area contributed by atoms with Gasteiger partial charge in [-0.15, -0.1) is 0 Å². The summed E-state index contributed by atoms with van der Waals surface area (Å²) in [7, 11) is 0. The zero-order chi connectivity index (χ0) is 11.4. The molecule has 88 valence electrons. The lowest BCUT2D eigenvalue weighted by molar-refractivity contribution is 0.0654. The summed E-state index contributed by atoms with van der Waals surface area (Å²) in [5.41, 5.74) is 4.52. The van der Waals surface area contributed by atoms with E-state index in [1.165, 1.54) is 24.8 Å². The van der Waals surface area contributed by atoms with Crippen LogP contribution in [0.5, 0.6) is 0 Å². The van der Waals surface area contributed by atoms with Crippen molar-refractivity contribution < 1.29 is 4.84 Å². The standard InChI is InChI=1S/C14H21NO/c1-3-4-8-13-11-16-15-14(13,2)12-9-6-5-7-10-12/h5-7,9-10,13,15H,3-4,8,11H2,1-2H3/t13-,14-/m0/s1. The number of nitrogens with one attached hydrogen (secondary N) is 1. The first kappa shape index (κ1) is 11.6. The van der Waals surface area contributed by atoms with Gasteiger partial charge in [0, 0.05) is 5.92 Å². The summed E-state index contributed by atoms with van der Waals surface area (Å²) < 4.78 is 0. The second-order valence-corrected chi connectivity index (χ2v) is 4.82. The zero-order valence-electron chi connectivity index (χ0n) is 10.2. The maximum Gasteiger partial charge on any atom is 0.0732 e. The van der Waals surface area contributed by atoms with Crippen molar-refractivity contribution in [3.8, 4) is 0 Å². The second kappa shape index (κ2) is 4.98. The zero-order valence-corrected chi connectivity index (χ0v) is 10.2. The molecule has 1 N–H and O–H groups in total. The molecule has 0 aliphatic carbocycles. The molecule has 0 radical (unpaired) electrons.